The van der Waals surface area contributed by atoms with Crippen molar-refractivity contribution in [3.05, 3.63) is 57.1 Å². The van der Waals surface area contributed by atoms with Crippen LogP contribution in [0.25, 0.3) is 0 Å². The molecule has 18 heavy (non-hydrogen) atoms. The van der Waals surface area contributed by atoms with Gasteiger partial charge in [0.25, 0.3) is 0 Å². The fourth-order valence-electron chi connectivity index (χ4n) is 1.61. The van der Waals surface area contributed by atoms with Crippen molar-refractivity contribution in [2.75, 3.05) is 12.4 Å². The Labute approximate surface area is 104 Å². The summed E-state index contributed by atoms with van der Waals surface area (Å²) < 4.78 is 2.61. The van der Waals surface area contributed by atoms with Gasteiger partial charge in [-0.25, -0.2) is 0 Å². The molecule has 0 radical (unpaired) electrons. The second-order valence-corrected chi connectivity index (χ2v) is 3.93. The molecule has 0 aliphatic heterocycles. The minimum Gasteiger partial charge on any atom is -0.388 e. The van der Waals surface area contributed by atoms with Crippen LogP contribution in [0.15, 0.2) is 40.3 Å². The molecule has 0 aromatic carbocycles. The number of aryl methyl sites for hydroxylation is 1. The highest BCUT2D eigenvalue weighted by molar-refractivity contribution is 5.42. The van der Waals surface area contributed by atoms with E-state index in [2.05, 4.69) is 10.3 Å². The van der Waals surface area contributed by atoms with Gasteiger partial charge in [-0.15, -0.1) is 0 Å². The lowest BCUT2D eigenvalue weighted by atomic mass is 10.3. The van der Waals surface area contributed by atoms with Crippen molar-refractivity contribution in [2.24, 2.45) is 7.05 Å². The molecule has 2 rings (SSSR count). The molecule has 6 nitrogen and oxygen atoms in total. The van der Waals surface area contributed by atoms with E-state index in [1.807, 2.05) is 19.2 Å². The molecule has 0 unspecified atom stereocenters. The summed E-state index contributed by atoms with van der Waals surface area (Å²) in [7, 11) is 3.36. The number of rotatable bonds is 3. The molecule has 0 fully saturated rings. The van der Waals surface area contributed by atoms with Crippen molar-refractivity contribution >= 4 is 5.69 Å². The number of hydrogen-bond acceptors (Lipinski definition) is 4. The van der Waals surface area contributed by atoms with E-state index >= 15 is 0 Å². The summed E-state index contributed by atoms with van der Waals surface area (Å²) in [5, 5.41) is 3.00. The van der Waals surface area contributed by atoms with Crippen molar-refractivity contribution in [2.45, 2.75) is 6.54 Å². The lowest BCUT2D eigenvalue weighted by molar-refractivity contribution is 0.684. The second kappa shape index (κ2) is 4.87. The lowest BCUT2D eigenvalue weighted by Gasteiger charge is -2.07. The van der Waals surface area contributed by atoms with Crippen LogP contribution in [-0.4, -0.2) is 21.2 Å². The maximum Gasteiger partial charge on any atom is 0.316 e. The molecule has 0 spiro atoms. The quantitative estimate of drug-likeness (QED) is 0.776. The van der Waals surface area contributed by atoms with Gasteiger partial charge in [-0.1, -0.05) is 0 Å². The second-order valence-electron chi connectivity index (χ2n) is 3.93. The van der Waals surface area contributed by atoms with Crippen molar-refractivity contribution in [3.63, 3.8) is 0 Å². The number of nitrogens with one attached hydrogen (secondary N) is 1. The van der Waals surface area contributed by atoms with E-state index in [9.17, 15) is 9.59 Å². The van der Waals surface area contributed by atoms with E-state index in [0.29, 0.717) is 0 Å². The smallest absolute Gasteiger partial charge is 0.316 e. The summed E-state index contributed by atoms with van der Waals surface area (Å²) in [4.78, 5) is 27.4. The van der Waals surface area contributed by atoms with Gasteiger partial charge < -0.3 is 14.5 Å². The Hall–Kier alpha value is -2.37. The summed E-state index contributed by atoms with van der Waals surface area (Å²) in [6.07, 6.45) is 4.80. The third-order valence-corrected chi connectivity index (χ3v) is 2.67. The summed E-state index contributed by atoms with van der Waals surface area (Å²) in [5.41, 5.74) is 0.549. The Kier molecular flexibility index (Phi) is 3.27. The summed E-state index contributed by atoms with van der Waals surface area (Å²) >= 11 is 0. The first-order valence-electron chi connectivity index (χ1n) is 5.50. The number of nitrogens with zero attached hydrogens (tertiary/aromatic N) is 3. The standard InChI is InChI=1S/C12H14N4O2/c1-13-9-3-4-14-10(7-9)8-16-6-5-15(2)11(17)12(16)18/h3-7H,8H2,1-2H3,(H,13,14). The Morgan fingerprint density at radius 1 is 1.28 bits per heavy atom. The van der Waals surface area contributed by atoms with Crippen molar-refractivity contribution < 1.29 is 0 Å². The molecule has 2 heterocycles. The number of pyridine rings is 1. The zero-order valence-electron chi connectivity index (χ0n) is 10.3. The minimum atomic E-state index is -0.545. The molecule has 94 valence electrons. The average Bonchev–Trinajstić information content (AvgIpc) is 2.40. The molecule has 2 aromatic rings. The van der Waals surface area contributed by atoms with Crippen LogP contribution in [-0.2, 0) is 13.6 Å². The predicted octanol–water partition coefficient (Wildman–Crippen LogP) is 0.0320. The molecule has 0 aliphatic carbocycles. The molecule has 0 saturated heterocycles. The molecule has 0 amide bonds. The highest BCUT2D eigenvalue weighted by Gasteiger charge is 2.04. The number of hydrogen-bond donors (Lipinski definition) is 1. The van der Waals surface area contributed by atoms with Crippen molar-refractivity contribution in [3.8, 4) is 0 Å². The summed E-state index contributed by atoms with van der Waals surface area (Å²) in [6.45, 7) is 0.282. The molecule has 0 atom stereocenters. The number of aromatic nitrogens is 3. The van der Waals surface area contributed by atoms with Crippen molar-refractivity contribution in [1.82, 2.24) is 14.1 Å². The zero-order valence-corrected chi connectivity index (χ0v) is 10.3. The van der Waals surface area contributed by atoms with Gasteiger partial charge in [0.2, 0.25) is 0 Å². The Balaban J connectivity index is 2.37. The Morgan fingerprint density at radius 2 is 2.06 bits per heavy atom. The minimum absolute atomic E-state index is 0.282. The first-order valence-corrected chi connectivity index (χ1v) is 5.50. The molecule has 0 aliphatic rings. The third-order valence-electron chi connectivity index (χ3n) is 2.67. The monoisotopic (exact) mass is 246 g/mol. The fourth-order valence-corrected chi connectivity index (χ4v) is 1.61. The average molecular weight is 246 g/mol. The van der Waals surface area contributed by atoms with Crippen molar-refractivity contribution in [1.29, 1.82) is 0 Å². The van der Waals surface area contributed by atoms with Gasteiger partial charge in [-0.2, -0.15) is 0 Å². The van der Waals surface area contributed by atoms with Crippen LogP contribution in [0.5, 0.6) is 0 Å². The highest BCUT2D eigenvalue weighted by Crippen LogP contribution is 2.07. The molecular weight excluding hydrogens is 232 g/mol. The topological polar surface area (TPSA) is 68.9 Å². The molecule has 0 saturated carbocycles. The number of anilines is 1. The molecule has 1 N–H and O–H groups in total. The van der Waals surface area contributed by atoms with E-state index in [1.165, 1.54) is 9.13 Å². The zero-order chi connectivity index (χ0) is 13.1. The van der Waals surface area contributed by atoms with Gasteiger partial charge in [0.1, 0.15) is 0 Å². The van der Waals surface area contributed by atoms with Gasteiger partial charge in [0.15, 0.2) is 0 Å². The largest absolute Gasteiger partial charge is 0.388 e. The Morgan fingerprint density at radius 3 is 2.78 bits per heavy atom. The van der Waals surface area contributed by atoms with Gasteiger partial charge in [0.05, 0.1) is 12.2 Å². The van der Waals surface area contributed by atoms with Gasteiger partial charge in [-0.05, 0) is 12.1 Å². The first kappa shape index (κ1) is 12.1. The normalized spacial score (nSPS) is 10.3. The molecule has 6 heteroatoms. The van der Waals surface area contributed by atoms with Crippen LogP contribution in [0.3, 0.4) is 0 Å². The maximum absolute atomic E-state index is 11.7. The Bertz CT molecular complexity index is 672. The molecular formula is C12H14N4O2. The van der Waals surface area contributed by atoms with E-state index in [-0.39, 0.29) is 6.54 Å². The van der Waals surface area contributed by atoms with Gasteiger partial charge in [-0.3, -0.25) is 14.6 Å². The maximum atomic E-state index is 11.7. The molecule has 0 bridgehead atoms. The molecule has 2 aromatic heterocycles. The van der Waals surface area contributed by atoms with E-state index in [0.717, 1.165) is 11.4 Å². The van der Waals surface area contributed by atoms with Crippen LogP contribution in [0, 0.1) is 0 Å². The van der Waals surface area contributed by atoms with Crippen LogP contribution in [0.2, 0.25) is 0 Å². The summed E-state index contributed by atoms with van der Waals surface area (Å²) in [6, 6.07) is 3.67. The lowest BCUT2D eigenvalue weighted by Crippen LogP contribution is -2.39. The van der Waals surface area contributed by atoms with Crippen LogP contribution >= 0.6 is 0 Å². The van der Waals surface area contributed by atoms with E-state index in [1.54, 1.807) is 25.6 Å². The van der Waals surface area contributed by atoms with Gasteiger partial charge >= 0.3 is 11.1 Å². The van der Waals surface area contributed by atoms with Crippen LogP contribution < -0.4 is 16.4 Å². The van der Waals surface area contributed by atoms with Crippen LogP contribution in [0.1, 0.15) is 5.69 Å². The SMILES string of the molecule is CNc1ccnc(Cn2ccn(C)c(=O)c2=O)c1. The summed E-state index contributed by atoms with van der Waals surface area (Å²) in [5.74, 6) is 0. The van der Waals surface area contributed by atoms with Gasteiger partial charge in [0, 0.05) is 38.4 Å². The predicted molar refractivity (Wildman–Crippen MR) is 68.8 cm³/mol. The van der Waals surface area contributed by atoms with Crippen LogP contribution in [0.4, 0.5) is 5.69 Å². The first-order chi connectivity index (χ1) is 8.61. The third kappa shape index (κ3) is 2.32. The van der Waals surface area contributed by atoms with E-state index in [4.69, 9.17) is 0 Å². The highest BCUT2D eigenvalue weighted by atomic mass is 16.2. The fraction of sp³-hybridized carbons (Fsp3) is 0.250. The van der Waals surface area contributed by atoms with E-state index < -0.39 is 11.1 Å².